The molecule has 0 saturated heterocycles. The SMILES string of the molecule is CON=CC(=O)Nc1ncsc1SCC(N)C(=O)O. The van der Waals surface area contributed by atoms with Gasteiger partial charge >= 0.3 is 5.97 Å². The van der Waals surface area contributed by atoms with Crippen molar-refractivity contribution in [1.82, 2.24) is 4.98 Å². The van der Waals surface area contributed by atoms with Crippen LogP contribution in [0.25, 0.3) is 0 Å². The Labute approximate surface area is 117 Å². The fraction of sp³-hybridized carbons (Fsp3) is 0.333. The molecule has 0 fully saturated rings. The maximum atomic E-state index is 11.4. The molecule has 1 amide bonds. The molecule has 1 unspecified atom stereocenters. The molecule has 1 heterocycles. The second-order valence-corrected chi connectivity index (χ2v) is 5.29. The lowest BCUT2D eigenvalue weighted by atomic mass is 10.4. The zero-order valence-electron chi connectivity index (χ0n) is 9.90. The number of amides is 1. The van der Waals surface area contributed by atoms with Crippen molar-refractivity contribution in [2.75, 3.05) is 18.2 Å². The first-order chi connectivity index (χ1) is 9.04. The minimum Gasteiger partial charge on any atom is -0.480 e. The third-order valence-electron chi connectivity index (χ3n) is 1.76. The van der Waals surface area contributed by atoms with Gasteiger partial charge < -0.3 is 21.0 Å². The molecule has 104 valence electrons. The summed E-state index contributed by atoms with van der Waals surface area (Å²) in [6.45, 7) is 0. The molecule has 1 aromatic heterocycles. The molecule has 19 heavy (non-hydrogen) atoms. The number of carbonyl (C=O) groups excluding carboxylic acids is 1. The summed E-state index contributed by atoms with van der Waals surface area (Å²) in [5.41, 5.74) is 6.93. The number of nitrogens with zero attached hydrogens (tertiary/aromatic N) is 2. The molecular weight excluding hydrogens is 292 g/mol. The third kappa shape index (κ3) is 5.24. The molecule has 10 heteroatoms. The highest BCUT2D eigenvalue weighted by atomic mass is 32.2. The van der Waals surface area contributed by atoms with Gasteiger partial charge in [0.1, 0.15) is 23.6 Å². The molecule has 0 radical (unpaired) electrons. The van der Waals surface area contributed by atoms with E-state index in [1.165, 1.54) is 35.7 Å². The number of aromatic nitrogens is 1. The second-order valence-electron chi connectivity index (χ2n) is 3.15. The fourth-order valence-corrected chi connectivity index (χ4v) is 2.70. The molecule has 0 aromatic carbocycles. The number of thiazole rings is 1. The van der Waals surface area contributed by atoms with Crippen LogP contribution in [-0.4, -0.2) is 47.1 Å². The Morgan fingerprint density at radius 1 is 1.79 bits per heavy atom. The summed E-state index contributed by atoms with van der Waals surface area (Å²) in [7, 11) is 1.32. The molecule has 0 saturated carbocycles. The lowest BCUT2D eigenvalue weighted by Gasteiger charge is -2.05. The molecule has 1 rings (SSSR count). The van der Waals surface area contributed by atoms with Crippen LogP contribution in [0.15, 0.2) is 14.9 Å². The average molecular weight is 304 g/mol. The van der Waals surface area contributed by atoms with Gasteiger partial charge in [-0.2, -0.15) is 0 Å². The van der Waals surface area contributed by atoms with E-state index in [9.17, 15) is 9.59 Å². The van der Waals surface area contributed by atoms with Gasteiger partial charge in [0.25, 0.3) is 5.91 Å². The number of oxime groups is 1. The van der Waals surface area contributed by atoms with Gasteiger partial charge in [0.15, 0.2) is 5.82 Å². The van der Waals surface area contributed by atoms with E-state index in [1.807, 2.05) is 0 Å². The summed E-state index contributed by atoms with van der Waals surface area (Å²) in [5, 5.41) is 14.5. The van der Waals surface area contributed by atoms with Crippen molar-refractivity contribution in [3.8, 4) is 0 Å². The smallest absolute Gasteiger partial charge is 0.321 e. The first-order valence-electron chi connectivity index (χ1n) is 4.96. The Balaban J connectivity index is 2.57. The van der Waals surface area contributed by atoms with Crippen LogP contribution >= 0.6 is 23.1 Å². The number of hydrogen-bond acceptors (Lipinski definition) is 8. The highest BCUT2D eigenvalue weighted by Crippen LogP contribution is 2.30. The van der Waals surface area contributed by atoms with Crippen LogP contribution in [0.2, 0.25) is 0 Å². The molecule has 0 aliphatic rings. The summed E-state index contributed by atoms with van der Waals surface area (Å²) in [4.78, 5) is 30.3. The van der Waals surface area contributed by atoms with Crippen molar-refractivity contribution in [1.29, 1.82) is 0 Å². The molecule has 0 bridgehead atoms. The van der Waals surface area contributed by atoms with E-state index < -0.39 is 17.9 Å². The van der Waals surface area contributed by atoms with Crippen molar-refractivity contribution in [3.05, 3.63) is 5.51 Å². The number of aliphatic carboxylic acids is 1. The Kier molecular flexibility index (Phi) is 6.25. The normalized spacial score (nSPS) is 12.3. The second kappa shape index (κ2) is 7.71. The Hall–Kier alpha value is -1.65. The van der Waals surface area contributed by atoms with Crippen LogP contribution in [0.1, 0.15) is 0 Å². The molecular formula is C9H12N4O4S2. The first kappa shape index (κ1) is 15.4. The van der Waals surface area contributed by atoms with Crippen molar-refractivity contribution < 1.29 is 19.5 Å². The number of carboxylic acids is 1. The van der Waals surface area contributed by atoms with E-state index in [4.69, 9.17) is 10.8 Å². The van der Waals surface area contributed by atoms with E-state index in [0.29, 0.717) is 10.0 Å². The number of carbonyl (C=O) groups is 2. The van der Waals surface area contributed by atoms with Gasteiger partial charge in [-0.1, -0.05) is 5.16 Å². The predicted octanol–water partition coefficient (Wildman–Crippen LogP) is 0.218. The largest absolute Gasteiger partial charge is 0.480 e. The summed E-state index contributed by atoms with van der Waals surface area (Å²) >= 11 is 2.50. The topological polar surface area (TPSA) is 127 Å². The van der Waals surface area contributed by atoms with E-state index in [-0.39, 0.29) is 5.75 Å². The van der Waals surface area contributed by atoms with E-state index in [0.717, 1.165) is 6.21 Å². The number of nitrogens with one attached hydrogen (secondary N) is 1. The molecule has 4 N–H and O–H groups in total. The summed E-state index contributed by atoms with van der Waals surface area (Å²) in [6, 6.07) is -0.967. The van der Waals surface area contributed by atoms with Gasteiger partial charge in [0.05, 0.1) is 5.51 Å². The molecule has 1 atom stereocenters. The van der Waals surface area contributed by atoms with Gasteiger partial charge in [-0.3, -0.25) is 9.59 Å². The van der Waals surface area contributed by atoms with Crippen LogP contribution < -0.4 is 11.1 Å². The fourth-order valence-electron chi connectivity index (χ4n) is 0.907. The summed E-state index contributed by atoms with van der Waals surface area (Å²) in [6.07, 6.45) is 0.969. The van der Waals surface area contributed by atoms with Crippen LogP contribution in [-0.2, 0) is 14.4 Å². The highest BCUT2D eigenvalue weighted by molar-refractivity contribution is 8.01. The van der Waals surface area contributed by atoms with Crippen LogP contribution in [0.3, 0.4) is 0 Å². The van der Waals surface area contributed by atoms with Gasteiger partial charge in [0.2, 0.25) is 0 Å². The van der Waals surface area contributed by atoms with E-state index >= 15 is 0 Å². The Morgan fingerprint density at radius 3 is 3.16 bits per heavy atom. The number of nitrogens with two attached hydrogens (primary N) is 1. The number of rotatable bonds is 7. The minimum absolute atomic E-state index is 0.187. The van der Waals surface area contributed by atoms with Gasteiger partial charge in [0, 0.05) is 5.75 Å². The first-order valence-corrected chi connectivity index (χ1v) is 6.83. The monoisotopic (exact) mass is 304 g/mol. The van der Waals surface area contributed by atoms with Crippen LogP contribution in [0, 0.1) is 0 Å². The quantitative estimate of drug-likeness (QED) is 0.373. The Bertz CT molecular complexity index is 477. The van der Waals surface area contributed by atoms with Crippen molar-refractivity contribution in [2.45, 2.75) is 10.3 Å². The third-order valence-corrected chi connectivity index (χ3v) is 4.00. The number of carboxylic acid groups (broad SMARTS) is 1. The molecule has 0 aliphatic heterocycles. The lowest BCUT2D eigenvalue weighted by molar-refractivity contribution is -0.137. The van der Waals surface area contributed by atoms with Crippen molar-refractivity contribution in [3.63, 3.8) is 0 Å². The Morgan fingerprint density at radius 2 is 2.53 bits per heavy atom. The maximum absolute atomic E-state index is 11.4. The van der Waals surface area contributed by atoms with Gasteiger partial charge in [-0.05, 0) is 0 Å². The molecule has 1 aromatic rings. The zero-order valence-corrected chi connectivity index (χ0v) is 11.5. The molecule has 0 spiro atoms. The molecule has 8 nitrogen and oxygen atoms in total. The maximum Gasteiger partial charge on any atom is 0.321 e. The standard InChI is InChI=1S/C9H12N4O4S2/c1-17-12-2-6(14)13-7-9(19-4-11-7)18-3-5(10)8(15)16/h2,4-5H,3,10H2,1H3,(H,13,14)(H,15,16). The number of hydrogen-bond donors (Lipinski definition) is 3. The van der Waals surface area contributed by atoms with E-state index in [2.05, 4.69) is 20.3 Å². The van der Waals surface area contributed by atoms with Crippen molar-refractivity contribution in [2.24, 2.45) is 10.9 Å². The van der Waals surface area contributed by atoms with Crippen molar-refractivity contribution >= 4 is 47.0 Å². The summed E-state index contributed by atoms with van der Waals surface area (Å²) in [5.74, 6) is -1.03. The van der Waals surface area contributed by atoms with Gasteiger partial charge in [-0.25, -0.2) is 4.98 Å². The number of thioether (sulfide) groups is 1. The lowest BCUT2D eigenvalue weighted by Crippen LogP contribution is -2.32. The zero-order chi connectivity index (χ0) is 14.3. The summed E-state index contributed by atoms with van der Waals surface area (Å²) < 4.78 is 0.677. The molecule has 0 aliphatic carbocycles. The van der Waals surface area contributed by atoms with Crippen LogP contribution in [0.4, 0.5) is 5.82 Å². The van der Waals surface area contributed by atoms with Crippen LogP contribution in [0.5, 0.6) is 0 Å². The average Bonchev–Trinajstić information content (AvgIpc) is 2.80. The highest BCUT2D eigenvalue weighted by Gasteiger charge is 2.15. The number of anilines is 1. The predicted molar refractivity (Wildman–Crippen MR) is 72.6 cm³/mol. The van der Waals surface area contributed by atoms with Gasteiger partial charge in [-0.15, -0.1) is 23.1 Å². The minimum atomic E-state index is -1.07. The van der Waals surface area contributed by atoms with E-state index in [1.54, 1.807) is 0 Å².